The number of hydrogen-bond acceptors (Lipinski definition) is 6. The molecular formula is C19H19N3O4S2. The summed E-state index contributed by atoms with van der Waals surface area (Å²) in [6.07, 6.45) is -0.0245. The molecule has 3 aromatic rings. The summed E-state index contributed by atoms with van der Waals surface area (Å²) in [6, 6.07) is 15.5. The van der Waals surface area contributed by atoms with Gasteiger partial charge in [0.1, 0.15) is 10.8 Å². The lowest BCUT2D eigenvalue weighted by Gasteiger charge is -2.09. The second-order valence-electron chi connectivity index (χ2n) is 5.73. The van der Waals surface area contributed by atoms with E-state index in [4.69, 9.17) is 4.74 Å². The average molecular weight is 418 g/mol. The third-order valence-corrected chi connectivity index (χ3v) is 5.82. The van der Waals surface area contributed by atoms with E-state index >= 15 is 0 Å². The number of ether oxygens (including phenoxy) is 1. The highest BCUT2D eigenvalue weighted by molar-refractivity contribution is 7.89. The highest BCUT2D eigenvalue weighted by Crippen LogP contribution is 2.21. The number of thiazole rings is 1. The zero-order valence-electron chi connectivity index (χ0n) is 15.1. The minimum absolute atomic E-state index is 0.0245. The summed E-state index contributed by atoms with van der Waals surface area (Å²) >= 11 is 1.35. The first-order chi connectivity index (χ1) is 13.5. The van der Waals surface area contributed by atoms with Crippen molar-refractivity contribution in [1.29, 1.82) is 0 Å². The minimum atomic E-state index is -3.87. The Morgan fingerprint density at radius 3 is 2.50 bits per heavy atom. The number of sulfonamides is 1. The highest BCUT2D eigenvalue weighted by atomic mass is 32.2. The lowest BCUT2D eigenvalue weighted by atomic mass is 10.2. The molecule has 0 aliphatic rings. The Balaban J connectivity index is 1.57. The summed E-state index contributed by atoms with van der Waals surface area (Å²) in [6.45, 7) is 2.33. The van der Waals surface area contributed by atoms with Crippen LogP contribution < -0.4 is 15.0 Å². The quantitative estimate of drug-likeness (QED) is 0.549. The van der Waals surface area contributed by atoms with E-state index in [1.807, 2.05) is 42.6 Å². The molecule has 0 unspecified atom stereocenters. The Morgan fingerprint density at radius 1 is 1.11 bits per heavy atom. The molecule has 2 aromatic carbocycles. The number of aromatic nitrogens is 1. The summed E-state index contributed by atoms with van der Waals surface area (Å²) < 4.78 is 29.8. The maximum atomic E-state index is 12.3. The van der Waals surface area contributed by atoms with E-state index in [-0.39, 0.29) is 11.3 Å². The fourth-order valence-electron chi connectivity index (χ4n) is 2.38. The van der Waals surface area contributed by atoms with Gasteiger partial charge in [0.15, 0.2) is 0 Å². The van der Waals surface area contributed by atoms with Crippen LogP contribution in [0.25, 0.3) is 11.3 Å². The number of nitrogens with zero attached hydrogens (tertiary/aromatic N) is 1. The molecule has 146 valence electrons. The van der Waals surface area contributed by atoms with Gasteiger partial charge in [-0.05, 0) is 31.2 Å². The standard InChI is InChI=1S/C19H19N3O4S2/c1-2-26-15-8-10-16(11-9-15)28(24,25)22-21-18(23)12-19-20-17(13-27-19)14-6-4-3-5-7-14/h3-11,13,22H,2,12H2,1H3,(H,21,23). The molecule has 28 heavy (non-hydrogen) atoms. The van der Waals surface area contributed by atoms with Gasteiger partial charge in [-0.25, -0.2) is 13.4 Å². The highest BCUT2D eigenvalue weighted by Gasteiger charge is 2.16. The van der Waals surface area contributed by atoms with Crippen molar-refractivity contribution in [2.75, 3.05) is 6.61 Å². The zero-order chi connectivity index (χ0) is 20.0. The van der Waals surface area contributed by atoms with E-state index in [1.165, 1.54) is 23.5 Å². The Morgan fingerprint density at radius 2 is 1.82 bits per heavy atom. The lowest BCUT2D eigenvalue weighted by Crippen LogP contribution is -2.42. The zero-order valence-corrected chi connectivity index (χ0v) is 16.7. The molecule has 0 aliphatic heterocycles. The number of carbonyl (C=O) groups excluding carboxylic acids is 1. The normalized spacial score (nSPS) is 11.2. The van der Waals surface area contributed by atoms with Crippen molar-refractivity contribution in [2.45, 2.75) is 18.2 Å². The van der Waals surface area contributed by atoms with Gasteiger partial charge in [0, 0.05) is 10.9 Å². The maximum absolute atomic E-state index is 12.3. The molecule has 1 heterocycles. The van der Waals surface area contributed by atoms with Crippen LogP contribution in [-0.2, 0) is 21.2 Å². The van der Waals surface area contributed by atoms with Crippen molar-refractivity contribution in [3.63, 3.8) is 0 Å². The molecule has 1 amide bonds. The summed E-state index contributed by atoms with van der Waals surface area (Å²) in [7, 11) is -3.87. The number of hydrogen-bond donors (Lipinski definition) is 2. The van der Waals surface area contributed by atoms with Gasteiger partial charge in [0.05, 0.1) is 23.6 Å². The Hall–Kier alpha value is -2.75. The number of hydrazine groups is 1. The molecule has 9 heteroatoms. The van der Waals surface area contributed by atoms with Crippen LogP contribution in [0.15, 0.2) is 64.9 Å². The van der Waals surface area contributed by atoms with Crippen LogP contribution in [-0.4, -0.2) is 25.9 Å². The summed E-state index contributed by atoms with van der Waals surface area (Å²) in [4.78, 5) is 18.6. The number of benzene rings is 2. The third-order valence-electron chi connectivity index (χ3n) is 3.70. The molecule has 2 N–H and O–H groups in total. The van der Waals surface area contributed by atoms with Crippen LogP contribution in [0, 0.1) is 0 Å². The van der Waals surface area contributed by atoms with Gasteiger partial charge in [0.2, 0.25) is 5.91 Å². The predicted octanol–water partition coefficient (Wildman–Crippen LogP) is 2.76. The Kier molecular flexibility index (Phi) is 6.40. The summed E-state index contributed by atoms with van der Waals surface area (Å²) in [5.41, 5.74) is 3.96. The third kappa shape index (κ3) is 5.16. The van der Waals surface area contributed by atoms with Crippen molar-refractivity contribution in [3.8, 4) is 17.0 Å². The molecule has 3 rings (SSSR count). The largest absolute Gasteiger partial charge is 0.494 e. The molecule has 0 aliphatic carbocycles. The second kappa shape index (κ2) is 8.96. The molecule has 0 saturated carbocycles. The first-order valence-electron chi connectivity index (χ1n) is 8.51. The van der Waals surface area contributed by atoms with Crippen LogP contribution in [0.5, 0.6) is 5.75 Å². The van der Waals surface area contributed by atoms with Crippen molar-refractivity contribution < 1.29 is 17.9 Å². The molecular weight excluding hydrogens is 398 g/mol. The van der Waals surface area contributed by atoms with Gasteiger partial charge in [-0.3, -0.25) is 10.2 Å². The van der Waals surface area contributed by atoms with Crippen molar-refractivity contribution in [1.82, 2.24) is 15.2 Å². The van der Waals surface area contributed by atoms with Crippen LogP contribution in [0.4, 0.5) is 0 Å². The molecule has 0 bridgehead atoms. The van der Waals surface area contributed by atoms with E-state index in [9.17, 15) is 13.2 Å². The minimum Gasteiger partial charge on any atom is -0.494 e. The van der Waals surface area contributed by atoms with Crippen molar-refractivity contribution >= 4 is 27.3 Å². The smallest absolute Gasteiger partial charge is 0.257 e. The molecule has 0 atom stereocenters. The molecule has 1 aromatic heterocycles. The van der Waals surface area contributed by atoms with Crippen LogP contribution >= 0.6 is 11.3 Å². The number of amides is 1. The SMILES string of the molecule is CCOc1ccc(S(=O)(=O)NNC(=O)Cc2nc(-c3ccccc3)cs2)cc1. The van der Waals surface area contributed by atoms with Gasteiger partial charge in [-0.15, -0.1) is 16.2 Å². The van der Waals surface area contributed by atoms with E-state index in [2.05, 4.69) is 15.2 Å². The lowest BCUT2D eigenvalue weighted by molar-refractivity contribution is -0.120. The maximum Gasteiger partial charge on any atom is 0.257 e. The Bertz CT molecular complexity index is 1030. The summed E-state index contributed by atoms with van der Waals surface area (Å²) in [5.74, 6) is 0.0759. The van der Waals surface area contributed by atoms with E-state index in [1.54, 1.807) is 12.1 Å². The van der Waals surface area contributed by atoms with Crippen LogP contribution in [0.3, 0.4) is 0 Å². The van der Waals surface area contributed by atoms with Crippen LogP contribution in [0.2, 0.25) is 0 Å². The van der Waals surface area contributed by atoms with Crippen molar-refractivity contribution in [2.24, 2.45) is 0 Å². The first-order valence-corrected chi connectivity index (χ1v) is 10.9. The number of nitrogens with one attached hydrogen (secondary N) is 2. The Labute approximate surface area is 167 Å². The first kappa shape index (κ1) is 20.0. The van der Waals surface area contributed by atoms with Gasteiger partial charge < -0.3 is 4.74 Å². The van der Waals surface area contributed by atoms with E-state index < -0.39 is 15.9 Å². The molecule has 0 saturated heterocycles. The van der Waals surface area contributed by atoms with E-state index in [0.717, 1.165) is 11.3 Å². The van der Waals surface area contributed by atoms with Gasteiger partial charge in [0.25, 0.3) is 10.0 Å². The topological polar surface area (TPSA) is 97.4 Å². The van der Waals surface area contributed by atoms with Crippen molar-refractivity contribution in [3.05, 3.63) is 65.0 Å². The van der Waals surface area contributed by atoms with E-state index in [0.29, 0.717) is 17.4 Å². The molecule has 0 radical (unpaired) electrons. The fourth-order valence-corrected chi connectivity index (χ4v) is 4.04. The summed E-state index contributed by atoms with van der Waals surface area (Å²) in [5, 5.41) is 2.46. The van der Waals surface area contributed by atoms with Gasteiger partial charge in [-0.1, -0.05) is 30.3 Å². The molecule has 0 fully saturated rings. The number of rotatable bonds is 8. The number of carbonyl (C=O) groups is 1. The average Bonchev–Trinajstić information content (AvgIpc) is 3.16. The van der Waals surface area contributed by atoms with Gasteiger partial charge in [-0.2, -0.15) is 0 Å². The fraction of sp³-hybridized carbons (Fsp3) is 0.158. The van der Waals surface area contributed by atoms with Crippen LogP contribution in [0.1, 0.15) is 11.9 Å². The predicted molar refractivity (Wildman–Crippen MR) is 107 cm³/mol. The molecule has 7 nitrogen and oxygen atoms in total. The van der Waals surface area contributed by atoms with Gasteiger partial charge >= 0.3 is 0 Å². The monoisotopic (exact) mass is 417 g/mol. The second-order valence-corrected chi connectivity index (χ2v) is 8.35. The molecule has 0 spiro atoms.